The summed E-state index contributed by atoms with van der Waals surface area (Å²) >= 11 is 0. The van der Waals surface area contributed by atoms with Gasteiger partial charge in [0.25, 0.3) is 0 Å². The van der Waals surface area contributed by atoms with Crippen LogP contribution < -0.4 is 10.6 Å². The molecule has 0 bridgehead atoms. The number of hydrogen-bond acceptors (Lipinski definition) is 5. The minimum Gasteiger partial charge on any atom is -0.444 e. The highest BCUT2D eigenvalue weighted by molar-refractivity contribution is 5.78. The Morgan fingerprint density at radius 1 is 1.26 bits per heavy atom. The zero-order valence-electron chi connectivity index (χ0n) is 14.6. The van der Waals surface area contributed by atoms with Crippen molar-refractivity contribution in [1.29, 1.82) is 0 Å². The molecule has 1 aliphatic heterocycles. The minimum absolute atomic E-state index is 0.136. The topological polar surface area (TPSA) is 70.4 Å². The fraction of sp³-hybridized carbons (Fsp3) is 0.444. The van der Waals surface area contributed by atoms with Crippen LogP contribution in [0.5, 0.6) is 0 Å². The first-order valence-electron chi connectivity index (χ1n) is 8.71. The maximum Gasteiger partial charge on any atom is 0.405 e. The molecular formula is C18H21F3N4O2. The van der Waals surface area contributed by atoms with Crippen LogP contribution in [0, 0.1) is 0 Å². The molecule has 1 aromatic carbocycles. The number of piperazine rings is 1. The van der Waals surface area contributed by atoms with Gasteiger partial charge in [0.2, 0.25) is 11.8 Å². The second-order valence-corrected chi connectivity index (χ2v) is 6.33. The Balaban J connectivity index is 1.56. The lowest BCUT2D eigenvalue weighted by molar-refractivity contribution is -0.184. The third-order valence-electron chi connectivity index (χ3n) is 4.38. The molecule has 2 aromatic rings. The van der Waals surface area contributed by atoms with Crippen molar-refractivity contribution < 1.29 is 22.4 Å². The molecule has 1 aliphatic rings. The number of carbonyl (C=O) groups is 1. The van der Waals surface area contributed by atoms with Crippen LogP contribution in [-0.4, -0.2) is 60.7 Å². The average Bonchev–Trinajstić information content (AvgIpc) is 3.11. The molecule has 146 valence electrons. The average molecular weight is 382 g/mol. The second-order valence-electron chi connectivity index (χ2n) is 6.33. The zero-order valence-corrected chi connectivity index (χ0v) is 14.6. The summed E-state index contributed by atoms with van der Waals surface area (Å²) in [6, 6.07) is 7.46. The lowest BCUT2D eigenvalue weighted by Crippen LogP contribution is -2.57. The van der Waals surface area contributed by atoms with Gasteiger partial charge in [-0.05, 0) is 12.1 Å². The highest BCUT2D eigenvalue weighted by Crippen LogP contribution is 2.25. The van der Waals surface area contributed by atoms with Gasteiger partial charge in [0.05, 0.1) is 12.1 Å². The van der Waals surface area contributed by atoms with Crippen molar-refractivity contribution in [1.82, 2.24) is 20.5 Å². The number of carbonyl (C=O) groups excluding carboxylic acids is 1. The number of halogens is 3. The summed E-state index contributed by atoms with van der Waals surface area (Å²) in [5.41, 5.74) is 1.14. The van der Waals surface area contributed by atoms with Crippen molar-refractivity contribution in [3.05, 3.63) is 42.3 Å². The Morgan fingerprint density at radius 2 is 1.96 bits per heavy atom. The number of rotatable bonds is 6. The zero-order chi connectivity index (χ0) is 19.3. The molecule has 2 N–H and O–H groups in total. The van der Waals surface area contributed by atoms with Crippen LogP contribution in [0.15, 0.2) is 41.0 Å². The van der Waals surface area contributed by atoms with E-state index in [0.717, 1.165) is 5.56 Å². The lowest BCUT2D eigenvalue weighted by atomic mass is 10.2. The molecular weight excluding hydrogens is 361 g/mol. The van der Waals surface area contributed by atoms with Crippen molar-refractivity contribution in [3.8, 4) is 11.5 Å². The summed E-state index contributed by atoms with van der Waals surface area (Å²) in [6.07, 6.45) is -3.19. The largest absolute Gasteiger partial charge is 0.444 e. The quantitative estimate of drug-likeness (QED) is 0.798. The Labute approximate surface area is 154 Å². The predicted molar refractivity (Wildman–Crippen MR) is 92.9 cm³/mol. The van der Waals surface area contributed by atoms with Gasteiger partial charge < -0.3 is 15.1 Å². The molecule has 0 radical (unpaired) electrons. The summed E-state index contributed by atoms with van der Waals surface area (Å²) in [5.74, 6) is -0.153. The van der Waals surface area contributed by atoms with Crippen molar-refractivity contribution >= 4 is 5.91 Å². The Bertz CT molecular complexity index is 743. The molecule has 9 heteroatoms. The molecule has 1 unspecified atom stereocenters. The van der Waals surface area contributed by atoms with Crippen molar-refractivity contribution in [2.75, 3.05) is 32.7 Å². The van der Waals surface area contributed by atoms with Gasteiger partial charge in [-0.25, -0.2) is 4.98 Å². The predicted octanol–water partition coefficient (Wildman–Crippen LogP) is 1.84. The van der Waals surface area contributed by atoms with Crippen LogP contribution in [-0.2, 0) is 11.2 Å². The van der Waals surface area contributed by atoms with Gasteiger partial charge in [-0.2, -0.15) is 13.2 Å². The first-order valence-corrected chi connectivity index (χ1v) is 8.71. The highest BCUT2D eigenvalue weighted by atomic mass is 19.4. The van der Waals surface area contributed by atoms with Gasteiger partial charge in [0.1, 0.15) is 12.3 Å². The fourth-order valence-electron chi connectivity index (χ4n) is 2.98. The van der Waals surface area contributed by atoms with E-state index in [0.29, 0.717) is 37.8 Å². The molecule has 1 amide bonds. The van der Waals surface area contributed by atoms with E-state index in [1.165, 1.54) is 11.2 Å². The Kier molecular flexibility index (Phi) is 6.12. The number of nitrogens with zero attached hydrogens (tertiary/aromatic N) is 2. The monoisotopic (exact) mass is 382 g/mol. The SMILES string of the molecule is O=C(Cc1coc(-c2ccccc2)n1)NCC(N1CCNCC1)C(F)(F)F. The van der Waals surface area contributed by atoms with Crippen LogP contribution in [0.2, 0.25) is 0 Å². The van der Waals surface area contributed by atoms with E-state index >= 15 is 0 Å². The number of benzene rings is 1. The van der Waals surface area contributed by atoms with Gasteiger partial charge in [-0.15, -0.1) is 0 Å². The molecule has 1 atom stereocenters. The number of aromatic nitrogens is 1. The van der Waals surface area contributed by atoms with Crippen molar-refractivity contribution in [3.63, 3.8) is 0 Å². The van der Waals surface area contributed by atoms with E-state index < -0.39 is 24.7 Å². The molecule has 0 spiro atoms. The Morgan fingerprint density at radius 3 is 2.63 bits per heavy atom. The molecule has 3 rings (SSSR count). The molecule has 1 aromatic heterocycles. The molecule has 0 saturated carbocycles. The van der Waals surface area contributed by atoms with Gasteiger partial charge in [0.15, 0.2) is 0 Å². The minimum atomic E-state index is -4.40. The van der Waals surface area contributed by atoms with E-state index in [2.05, 4.69) is 15.6 Å². The summed E-state index contributed by atoms with van der Waals surface area (Å²) in [5, 5.41) is 5.40. The van der Waals surface area contributed by atoms with E-state index in [4.69, 9.17) is 4.42 Å². The maximum absolute atomic E-state index is 13.3. The van der Waals surface area contributed by atoms with Crippen molar-refractivity contribution in [2.45, 2.75) is 18.6 Å². The summed E-state index contributed by atoms with van der Waals surface area (Å²) in [7, 11) is 0. The summed E-state index contributed by atoms with van der Waals surface area (Å²) in [6.45, 7) is 1.11. The summed E-state index contributed by atoms with van der Waals surface area (Å²) < 4.78 is 45.3. The van der Waals surface area contributed by atoms with Crippen LogP contribution in [0.4, 0.5) is 13.2 Å². The molecule has 27 heavy (non-hydrogen) atoms. The third kappa shape index (κ3) is 5.30. The third-order valence-corrected chi connectivity index (χ3v) is 4.38. The molecule has 1 fully saturated rings. The van der Waals surface area contributed by atoms with E-state index in [9.17, 15) is 18.0 Å². The Hall–Kier alpha value is -2.39. The van der Waals surface area contributed by atoms with Crippen LogP contribution in [0.3, 0.4) is 0 Å². The van der Waals surface area contributed by atoms with Gasteiger partial charge in [0, 0.05) is 38.3 Å². The van der Waals surface area contributed by atoms with Crippen LogP contribution in [0.25, 0.3) is 11.5 Å². The smallest absolute Gasteiger partial charge is 0.405 e. The van der Waals surface area contributed by atoms with Gasteiger partial charge in [-0.1, -0.05) is 18.2 Å². The molecule has 6 nitrogen and oxygen atoms in total. The number of oxazole rings is 1. The van der Waals surface area contributed by atoms with Crippen LogP contribution >= 0.6 is 0 Å². The first kappa shape index (κ1) is 19.4. The number of amides is 1. The molecule has 1 saturated heterocycles. The maximum atomic E-state index is 13.3. The normalized spacial score (nSPS) is 16.9. The van der Waals surface area contributed by atoms with Gasteiger partial charge in [-0.3, -0.25) is 9.69 Å². The first-order chi connectivity index (χ1) is 12.9. The fourth-order valence-corrected chi connectivity index (χ4v) is 2.98. The number of alkyl halides is 3. The van der Waals surface area contributed by atoms with Crippen LogP contribution in [0.1, 0.15) is 5.69 Å². The van der Waals surface area contributed by atoms with Crippen molar-refractivity contribution in [2.24, 2.45) is 0 Å². The molecule has 0 aliphatic carbocycles. The standard InChI is InChI=1S/C18H21F3N4O2/c19-18(20,21)15(25-8-6-22-7-9-25)11-23-16(26)10-14-12-27-17(24-14)13-4-2-1-3-5-13/h1-5,12,15,22H,6-11H2,(H,23,26). The van der Waals surface area contributed by atoms with E-state index in [1.54, 1.807) is 0 Å². The van der Waals surface area contributed by atoms with E-state index in [-0.39, 0.29) is 6.42 Å². The van der Waals surface area contributed by atoms with Gasteiger partial charge >= 0.3 is 6.18 Å². The number of nitrogens with one attached hydrogen (secondary N) is 2. The summed E-state index contributed by atoms with van der Waals surface area (Å²) in [4.78, 5) is 17.6. The number of hydrogen-bond donors (Lipinski definition) is 2. The van der Waals surface area contributed by atoms with E-state index in [1.807, 2.05) is 30.3 Å². The lowest BCUT2D eigenvalue weighted by Gasteiger charge is -2.35. The highest BCUT2D eigenvalue weighted by Gasteiger charge is 2.43. The second kappa shape index (κ2) is 8.53. The molecule has 2 heterocycles.